The maximum atomic E-state index is 11.7. The Morgan fingerprint density at radius 3 is 2.94 bits per heavy atom. The van der Waals surface area contributed by atoms with E-state index in [1.54, 1.807) is 0 Å². The fraction of sp³-hybridized carbons (Fsp3) is 0.769. The molecule has 0 aromatic heterocycles. The Hall–Kier alpha value is -0.990. The van der Waals surface area contributed by atoms with Gasteiger partial charge >= 0.3 is 6.03 Å². The van der Waals surface area contributed by atoms with E-state index in [1.165, 1.54) is 12.8 Å². The second kappa shape index (κ2) is 7.31. The predicted octanol–water partition coefficient (Wildman–Crippen LogP) is 2.93. The first-order chi connectivity index (χ1) is 7.75. The molecule has 0 bridgehead atoms. The standard InChI is InChI=1S/C13H24N2O/c1-3-4-5-6-7-10-14-13(16)15-11-8-9-12(15)2/h3,12H,1,4-11H2,2H3,(H,14,16)/t12-/m1/s1. The molecule has 1 heterocycles. The topological polar surface area (TPSA) is 32.3 Å². The highest BCUT2D eigenvalue weighted by atomic mass is 16.2. The average Bonchev–Trinajstić information content (AvgIpc) is 2.69. The number of unbranched alkanes of at least 4 members (excludes halogenated alkanes) is 3. The monoisotopic (exact) mass is 224 g/mol. The number of likely N-dealkylation sites (tertiary alicyclic amines) is 1. The minimum atomic E-state index is 0.119. The van der Waals surface area contributed by atoms with Gasteiger partial charge in [-0.05, 0) is 39.0 Å². The summed E-state index contributed by atoms with van der Waals surface area (Å²) >= 11 is 0. The van der Waals surface area contributed by atoms with Gasteiger partial charge in [-0.25, -0.2) is 4.79 Å². The number of hydrogen-bond donors (Lipinski definition) is 1. The molecule has 1 rings (SSSR count). The van der Waals surface area contributed by atoms with Crippen molar-refractivity contribution in [3.05, 3.63) is 12.7 Å². The first-order valence-electron chi connectivity index (χ1n) is 6.41. The smallest absolute Gasteiger partial charge is 0.317 e. The molecule has 1 N–H and O–H groups in total. The highest BCUT2D eigenvalue weighted by Crippen LogP contribution is 2.15. The number of hydrogen-bond acceptors (Lipinski definition) is 1. The zero-order chi connectivity index (χ0) is 11.8. The first-order valence-corrected chi connectivity index (χ1v) is 6.41. The van der Waals surface area contributed by atoms with Crippen LogP contribution in [0.2, 0.25) is 0 Å². The lowest BCUT2D eigenvalue weighted by Gasteiger charge is -2.21. The molecule has 1 saturated heterocycles. The predicted molar refractivity (Wildman–Crippen MR) is 67.5 cm³/mol. The molecule has 0 aromatic carbocycles. The van der Waals surface area contributed by atoms with Crippen molar-refractivity contribution in [3.8, 4) is 0 Å². The van der Waals surface area contributed by atoms with E-state index in [2.05, 4.69) is 18.8 Å². The SMILES string of the molecule is C=CCCCCCNC(=O)N1CCC[C@H]1C. The number of rotatable bonds is 6. The Balaban J connectivity index is 2.04. The summed E-state index contributed by atoms with van der Waals surface area (Å²) in [6.07, 6.45) is 8.74. The van der Waals surface area contributed by atoms with Crippen molar-refractivity contribution in [2.45, 2.75) is 51.5 Å². The quantitative estimate of drug-likeness (QED) is 0.546. The number of urea groups is 1. The number of nitrogens with one attached hydrogen (secondary N) is 1. The van der Waals surface area contributed by atoms with Gasteiger partial charge in [-0.2, -0.15) is 0 Å². The van der Waals surface area contributed by atoms with Crippen molar-refractivity contribution in [3.63, 3.8) is 0 Å². The molecule has 1 aliphatic heterocycles. The van der Waals surface area contributed by atoms with Crippen molar-refractivity contribution < 1.29 is 4.79 Å². The van der Waals surface area contributed by atoms with E-state index in [4.69, 9.17) is 0 Å². The molecular formula is C13H24N2O. The van der Waals surface area contributed by atoms with Gasteiger partial charge in [0.05, 0.1) is 0 Å². The van der Waals surface area contributed by atoms with E-state index in [-0.39, 0.29) is 6.03 Å². The molecule has 0 saturated carbocycles. The van der Waals surface area contributed by atoms with Crippen LogP contribution in [0.15, 0.2) is 12.7 Å². The lowest BCUT2D eigenvalue weighted by Crippen LogP contribution is -2.41. The van der Waals surface area contributed by atoms with Gasteiger partial charge in [-0.15, -0.1) is 6.58 Å². The fourth-order valence-electron chi connectivity index (χ4n) is 2.12. The Kier molecular flexibility index (Phi) is 5.98. The van der Waals surface area contributed by atoms with Gasteiger partial charge in [0, 0.05) is 19.1 Å². The van der Waals surface area contributed by atoms with Gasteiger partial charge in [0.2, 0.25) is 0 Å². The first kappa shape index (κ1) is 13.1. The zero-order valence-electron chi connectivity index (χ0n) is 10.4. The van der Waals surface area contributed by atoms with Crippen LogP contribution in [0.5, 0.6) is 0 Å². The lowest BCUT2D eigenvalue weighted by molar-refractivity contribution is 0.196. The van der Waals surface area contributed by atoms with Crippen LogP contribution >= 0.6 is 0 Å². The van der Waals surface area contributed by atoms with Crippen LogP contribution in [-0.4, -0.2) is 30.1 Å². The largest absolute Gasteiger partial charge is 0.338 e. The van der Waals surface area contributed by atoms with Gasteiger partial charge in [-0.3, -0.25) is 0 Å². The van der Waals surface area contributed by atoms with E-state index in [0.29, 0.717) is 6.04 Å². The van der Waals surface area contributed by atoms with Gasteiger partial charge in [-0.1, -0.05) is 12.5 Å². The summed E-state index contributed by atoms with van der Waals surface area (Å²) in [6, 6.07) is 0.537. The Labute approximate surface area is 98.9 Å². The molecule has 92 valence electrons. The molecule has 16 heavy (non-hydrogen) atoms. The minimum Gasteiger partial charge on any atom is -0.338 e. The summed E-state index contributed by atoms with van der Waals surface area (Å²) in [6.45, 7) is 7.54. The van der Waals surface area contributed by atoms with Crippen LogP contribution in [0.25, 0.3) is 0 Å². The van der Waals surface area contributed by atoms with Crippen LogP contribution < -0.4 is 5.32 Å². The third kappa shape index (κ3) is 4.25. The number of carbonyl (C=O) groups is 1. The molecule has 3 heteroatoms. The Morgan fingerprint density at radius 2 is 2.31 bits per heavy atom. The summed E-state index contributed by atoms with van der Waals surface area (Å²) in [7, 11) is 0. The fourth-order valence-corrected chi connectivity index (χ4v) is 2.12. The van der Waals surface area contributed by atoms with E-state index in [1.807, 2.05) is 11.0 Å². The molecule has 1 aliphatic rings. The number of amides is 2. The van der Waals surface area contributed by atoms with Crippen molar-refractivity contribution in [2.24, 2.45) is 0 Å². The van der Waals surface area contributed by atoms with Gasteiger partial charge < -0.3 is 10.2 Å². The third-order valence-electron chi connectivity index (χ3n) is 3.18. The van der Waals surface area contributed by atoms with E-state index in [0.717, 1.165) is 38.8 Å². The highest BCUT2D eigenvalue weighted by Gasteiger charge is 2.24. The zero-order valence-corrected chi connectivity index (χ0v) is 10.4. The van der Waals surface area contributed by atoms with Crippen molar-refractivity contribution in [1.82, 2.24) is 10.2 Å². The molecular weight excluding hydrogens is 200 g/mol. The van der Waals surface area contributed by atoms with Crippen LogP contribution in [0.1, 0.15) is 45.4 Å². The van der Waals surface area contributed by atoms with E-state index < -0.39 is 0 Å². The van der Waals surface area contributed by atoms with Crippen molar-refractivity contribution in [2.75, 3.05) is 13.1 Å². The summed E-state index contributed by atoms with van der Waals surface area (Å²) in [5.74, 6) is 0. The van der Waals surface area contributed by atoms with Crippen LogP contribution in [0, 0.1) is 0 Å². The molecule has 0 aliphatic carbocycles. The summed E-state index contributed by atoms with van der Waals surface area (Å²) in [4.78, 5) is 13.7. The molecule has 1 fully saturated rings. The molecule has 0 aromatic rings. The van der Waals surface area contributed by atoms with Gasteiger partial charge in [0.1, 0.15) is 0 Å². The molecule has 0 radical (unpaired) electrons. The average molecular weight is 224 g/mol. The minimum absolute atomic E-state index is 0.119. The Bertz CT molecular complexity index is 228. The van der Waals surface area contributed by atoms with E-state index >= 15 is 0 Å². The second-order valence-electron chi connectivity index (χ2n) is 4.55. The summed E-state index contributed by atoms with van der Waals surface area (Å²) < 4.78 is 0. The molecule has 0 spiro atoms. The van der Waals surface area contributed by atoms with E-state index in [9.17, 15) is 4.79 Å². The maximum Gasteiger partial charge on any atom is 0.317 e. The molecule has 3 nitrogen and oxygen atoms in total. The van der Waals surface area contributed by atoms with Crippen LogP contribution in [0.4, 0.5) is 4.79 Å². The highest BCUT2D eigenvalue weighted by molar-refractivity contribution is 5.74. The summed E-state index contributed by atoms with van der Waals surface area (Å²) in [5, 5.41) is 2.99. The third-order valence-corrected chi connectivity index (χ3v) is 3.18. The molecule has 2 amide bonds. The number of carbonyl (C=O) groups excluding carboxylic acids is 1. The summed E-state index contributed by atoms with van der Waals surface area (Å²) in [5.41, 5.74) is 0. The van der Waals surface area contributed by atoms with Gasteiger partial charge in [0.25, 0.3) is 0 Å². The van der Waals surface area contributed by atoms with Crippen LogP contribution in [-0.2, 0) is 0 Å². The number of allylic oxidation sites excluding steroid dienone is 1. The lowest BCUT2D eigenvalue weighted by atomic mass is 10.2. The normalized spacial score (nSPS) is 19.8. The molecule has 1 atom stereocenters. The number of nitrogens with zero attached hydrogens (tertiary/aromatic N) is 1. The van der Waals surface area contributed by atoms with Crippen molar-refractivity contribution in [1.29, 1.82) is 0 Å². The second-order valence-corrected chi connectivity index (χ2v) is 4.55. The van der Waals surface area contributed by atoms with Gasteiger partial charge in [0.15, 0.2) is 0 Å². The van der Waals surface area contributed by atoms with Crippen LogP contribution in [0.3, 0.4) is 0 Å². The molecule has 0 unspecified atom stereocenters. The Morgan fingerprint density at radius 1 is 1.50 bits per heavy atom. The van der Waals surface area contributed by atoms with Crippen molar-refractivity contribution >= 4 is 6.03 Å². The maximum absolute atomic E-state index is 11.7.